The Hall–Kier alpha value is -0.830. The van der Waals surface area contributed by atoms with E-state index in [1.54, 1.807) is 0 Å². The average molecular weight is 322 g/mol. The van der Waals surface area contributed by atoms with Crippen molar-refractivity contribution in [3.8, 4) is 0 Å². The summed E-state index contributed by atoms with van der Waals surface area (Å²) in [4.78, 5) is 12.2. The van der Waals surface area contributed by atoms with Crippen molar-refractivity contribution in [2.24, 2.45) is 17.8 Å². The van der Waals surface area contributed by atoms with Gasteiger partial charge >= 0.3 is 0 Å². The molecule has 0 heterocycles. The van der Waals surface area contributed by atoms with E-state index < -0.39 is 0 Å². The lowest BCUT2D eigenvalue weighted by molar-refractivity contribution is -0.117. The molecule has 2 fully saturated rings. The van der Waals surface area contributed by atoms with Crippen LogP contribution in [0.3, 0.4) is 0 Å². The van der Waals surface area contributed by atoms with Crippen LogP contribution in [0.4, 0.5) is 5.69 Å². The first kappa shape index (κ1) is 13.2. The van der Waals surface area contributed by atoms with Crippen LogP contribution in [-0.4, -0.2) is 5.91 Å². The number of amides is 1. The van der Waals surface area contributed by atoms with Crippen molar-refractivity contribution in [2.75, 3.05) is 5.32 Å². The molecule has 3 unspecified atom stereocenters. The Balaban J connectivity index is 1.61. The Bertz CT molecular complexity index is 500. The minimum atomic E-state index is 0.179. The number of fused-ring (bicyclic) bond motifs is 2. The molecule has 1 amide bonds. The summed E-state index contributed by atoms with van der Waals surface area (Å²) in [5, 5.41) is 3.07. The van der Waals surface area contributed by atoms with Gasteiger partial charge in [0.15, 0.2) is 0 Å². The van der Waals surface area contributed by atoms with Crippen LogP contribution in [0.1, 0.15) is 37.7 Å². The van der Waals surface area contributed by atoms with Gasteiger partial charge in [-0.05, 0) is 61.6 Å². The predicted octanol–water partition coefficient (Wildman–Crippen LogP) is 4.52. The lowest BCUT2D eigenvalue weighted by Gasteiger charge is -2.21. The van der Waals surface area contributed by atoms with E-state index in [0.29, 0.717) is 12.3 Å². The van der Waals surface area contributed by atoms with E-state index in [4.69, 9.17) is 0 Å². The van der Waals surface area contributed by atoms with Gasteiger partial charge in [-0.3, -0.25) is 4.79 Å². The molecule has 3 rings (SSSR count). The Morgan fingerprint density at radius 1 is 1.37 bits per heavy atom. The van der Waals surface area contributed by atoms with Gasteiger partial charge in [0, 0.05) is 16.6 Å². The number of carbonyl (C=O) groups excluding carboxylic acids is 1. The van der Waals surface area contributed by atoms with E-state index in [0.717, 1.165) is 27.6 Å². The van der Waals surface area contributed by atoms with Crippen molar-refractivity contribution in [2.45, 2.75) is 39.0 Å². The zero-order valence-corrected chi connectivity index (χ0v) is 12.9. The first-order chi connectivity index (χ1) is 9.13. The Labute approximate surface area is 123 Å². The van der Waals surface area contributed by atoms with Gasteiger partial charge in [-0.25, -0.2) is 0 Å². The lowest BCUT2D eigenvalue weighted by Crippen LogP contribution is -2.20. The highest BCUT2D eigenvalue weighted by atomic mass is 79.9. The number of hydrogen-bond donors (Lipinski definition) is 1. The SMILES string of the molecule is Cc1c(Br)cccc1NC(=O)CC1CC2CCC1C2. The molecule has 2 aliphatic carbocycles. The molecular weight excluding hydrogens is 302 g/mol. The fourth-order valence-corrected chi connectivity index (χ4v) is 4.17. The van der Waals surface area contributed by atoms with E-state index in [-0.39, 0.29) is 5.91 Å². The summed E-state index contributed by atoms with van der Waals surface area (Å²) in [5.41, 5.74) is 2.03. The summed E-state index contributed by atoms with van der Waals surface area (Å²) >= 11 is 3.50. The van der Waals surface area contributed by atoms with E-state index in [2.05, 4.69) is 21.2 Å². The largest absolute Gasteiger partial charge is 0.326 e. The van der Waals surface area contributed by atoms with Gasteiger partial charge < -0.3 is 5.32 Å². The second-order valence-corrected chi connectivity index (χ2v) is 6.95. The molecular formula is C16H20BrNO. The third-order valence-electron chi connectivity index (χ3n) is 4.87. The highest BCUT2D eigenvalue weighted by Crippen LogP contribution is 2.49. The fraction of sp³-hybridized carbons (Fsp3) is 0.562. The summed E-state index contributed by atoms with van der Waals surface area (Å²) in [5.74, 6) is 2.54. The minimum absolute atomic E-state index is 0.179. The summed E-state index contributed by atoms with van der Waals surface area (Å²) in [7, 11) is 0. The number of nitrogens with one attached hydrogen (secondary N) is 1. The van der Waals surface area contributed by atoms with Crippen LogP contribution in [0.15, 0.2) is 22.7 Å². The second-order valence-electron chi connectivity index (χ2n) is 6.10. The molecule has 19 heavy (non-hydrogen) atoms. The quantitative estimate of drug-likeness (QED) is 0.871. The van der Waals surface area contributed by atoms with Crippen molar-refractivity contribution >= 4 is 27.5 Å². The number of hydrogen-bond acceptors (Lipinski definition) is 1. The molecule has 2 nitrogen and oxygen atoms in total. The summed E-state index contributed by atoms with van der Waals surface area (Å²) in [6, 6.07) is 5.93. The van der Waals surface area contributed by atoms with Crippen molar-refractivity contribution in [1.29, 1.82) is 0 Å². The smallest absolute Gasteiger partial charge is 0.224 e. The Morgan fingerprint density at radius 3 is 2.89 bits per heavy atom. The van der Waals surface area contributed by atoms with E-state index in [1.807, 2.05) is 25.1 Å². The van der Waals surface area contributed by atoms with Crippen molar-refractivity contribution < 1.29 is 4.79 Å². The molecule has 0 aromatic heterocycles. The third-order valence-corrected chi connectivity index (χ3v) is 5.73. The molecule has 2 bridgehead atoms. The number of rotatable bonds is 3. The molecule has 2 saturated carbocycles. The molecule has 3 atom stereocenters. The molecule has 3 heteroatoms. The van der Waals surface area contributed by atoms with Crippen molar-refractivity contribution in [3.63, 3.8) is 0 Å². The normalized spacial score (nSPS) is 28.6. The molecule has 1 aromatic rings. The molecule has 1 aromatic carbocycles. The van der Waals surface area contributed by atoms with Gasteiger partial charge in [-0.15, -0.1) is 0 Å². The summed E-state index contributed by atoms with van der Waals surface area (Å²) < 4.78 is 1.05. The van der Waals surface area contributed by atoms with Gasteiger partial charge in [-0.1, -0.05) is 28.4 Å². The Kier molecular flexibility index (Phi) is 3.66. The highest BCUT2D eigenvalue weighted by Gasteiger charge is 2.40. The molecule has 0 radical (unpaired) electrons. The van der Waals surface area contributed by atoms with E-state index in [9.17, 15) is 4.79 Å². The van der Waals surface area contributed by atoms with E-state index in [1.165, 1.54) is 25.7 Å². The van der Waals surface area contributed by atoms with Crippen LogP contribution >= 0.6 is 15.9 Å². The molecule has 1 N–H and O–H groups in total. The average Bonchev–Trinajstić information content (AvgIpc) is 2.97. The zero-order chi connectivity index (χ0) is 13.4. The van der Waals surface area contributed by atoms with Gasteiger partial charge in [0.05, 0.1) is 0 Å². The van der Waals surface area contributed by atoms with Crippen LogP contribution in [0.2, 0.25) is 0 Å². The molecule has 102 valence electrons. The van der Waals surface area contributed by atoms with Crippen LogP contribution in [0, 0.1) is 24.7 Å². The molecule has 2 aliphatic rings. The predicted molar refractivity (Wildman–Crippen MR) is 81.1 cm³/mol. The van der Waals surface area contributed by atoms with Crippen molar-refractivity contribution in [1.82, 2.24) is 0 Å². The maximum Gasteiger partial charge on any atom is 0.224 e. The van der Waals surface area contributed by atoms with Crippen LogP contribution < -0.4 is 5.32 Å². The number of anilines is 1. The Morgan fingerprint density at radius 2 is 2.21 bits per heavy atom. The topological polar surface area (TPSA) is 29.1 Å². The fourth-order valence-electron chi connectivity index (χ4n) is 3.81. The molecule has 0 spiro atoms. The minimum Gasteiger partial charge on any atom is -0.326 e. The first-order valence-electron chi connectivity index (χ1n) is 7.18. The standard InChI is InChI=1S/C16H20BrNO/c1-10-14(17)3-2-4-15(10)18-16(19)9-13-8-11-5-6-12(13)7-11/h2-4,11-13H,5-9H2,1H3,(H,18,19). The number of halogens is 1. The van der Waals surface area contributed by atoms with Gasteiger partial charge in [0.2, 0.25) is 5.91 Å². The van der Waals surface area contributed by atoms with Crippen molar-refractivity contribution in [3.05, 3.63) is 28.2 Å². The lowest BCUT2D eigenvalue weighted by atomic mass is 9.86. The van der Waals surface area contributed by atoms with Gasteiger partial charge in [-0.2, -0.15) is 0 Å². The van der Waals surface area contributed by atoms with Gasteiger partial charge in [0.25, 0.3) is 0 Å². The molecule has 0 saturated heterocycles. The monoisotopic (exact) mass is 321 g/mol. The number of carbonyl (C=O) groups is 1. The highest BCUT2D eigenvalue weighted by molar-refractivity contribution is 9.10. The van der Waals surface area contributed by atoms with E-state index >= 15 is 0 Å². The number of benzene rings is 1. The second kappa shape index (κ2) is 5.28. The van der Waals surface area contributed by atoms with Gasteiger partial charge in [0.1, 0.15) is 0 Å². The summed E-state index contributed by atoms with van der Waals surface area (Å²) in [6.07, 6.45) is 6.09. The molecule has 0 aliphatic heterocycles. The van der Waals surface area contributed by atoms with Crippen LogP contribution in [0.25, 0.3) is 0 Å². The first-order valence-corrected chi connectivity index (χ1v) is 7.97. The maximum atomic E-state index is 12.2. The van der Waals surface area contributed by atoms with Crippen LogP contribution in [-0.2, 0) is 4.79 Å². The third kappa shape index (κ3) is 2.71. The summed E-state index contributed by atoms with van der Waals surface area (Å²) in [6.45, 7) is 2.03. The van der Waals surface area contributed by atoms with Crippen LogP contribution in [0.5, 0.6) is 0 Å². The zero-order valence-electron chi connectivity index (χ0n) is 11.3. The maximum absolute atomic E-state index is 12.2.